The third kappa shape index (κ3) is 5.07. The summed E-state index contributed by atoms with van der Waals surface area (Å²) in [6.07, 6.45) is -4.30. The molecule has 3 N–H and O–H groups in total. The van der Waals surface area contributed by atoms with Gasteiger partial charge in [-0.25, -0.2) is 18.2 Å². The van der Waals surface area contributed by atoms with E-state index in [0.29, 0.717) is 12.3 Å². The number of nitrogens with one attached hydrogen (secondary N) is 1. The van der Waals surface area contributed by atoms with Crippen molar-refractivity contribution in [3.05, 3.63) is 58.1 Å². The number of anilines is 1. The summed E-state index contributed by atoms with van der Waals surface area (Å²) in [6, 6.07) is 1.29. The molecule has 166 valence electrons. The maximum atomic E-state index is 14.4. The van der Waals surface area contributed by atoms with Gasteiger partial charge < -0.3 is 15.8 Å². The highest BCUT2D eigenvalue weighted by atomic mass is 35.5. The number of nitrogens with zero attached hydrogens (tertiary/aromatic N) is 2. The Morgan fingerprint density at radius 1 is 1.29 bits per heavy atom. The molecule has 0 radical (unpaired) electrons. The van der Waals surface area contributed by atoms with Gasteiger partial charge in [-0.05, 0) is 24.3 Å². The zero-order valence-electron chi connectivity index (χ0n) is 15.3. The number of carbonyl (C=O) groups is 1. The van der Waals surface area contributed by atoms with Crippen molar-refractivity contribution in [2.24, 2.45) is 10.7 Å². The monoisotopic (exact) mass is 466 g/mol. The van der Waals surface area contributed by atoms with Gasteiger partial charge in [-0.15, -0.1) is 0 Å². The number of alkyl halides is 5. The number of hydrogen-bond donors (Lipinski definition) is 2. The van der Waals surface area contributed by atoms with Gasteiger partial charge in [0.25, 0.3) is 11.8 Å². The summed E-state index contributed by atoms with van der Waals surface area (Å²) >= 11 is 5.72. The average Bonchev–Trinajstić information content (AvgIpc) is 2.79. The van der Waals surface area contributed by atoms with Gasteiger partial charge in [0.05, 0.1) is 10.6 Å². The topological polar surface area (TPSA) is 89.6 Å². The largest absolute Gasteiger partial charge is 0.417 e. The van der Waals surface area contributed by atoms with E-state index in [9.17, 15) is 31.1 Å². The predicted molar refractivity (Wildman–Crippen MR) is 98.7 cm³/mol. The van der Waals surface area contributed by atoms with Crippen LogP contribution in [-0.4, -0.2) is 35.9 Å². The average molecular weight is 467 g/mol. The van der Waals surface area contributed by atoms with Crippen LogP contribution in [0.25, 0.3) is 0 Å². The molecular weight excluding hydrogens is 454 g/mol. The molecule has 31 heavy (non-hydrogen) atoms. The fourth-order valence-electron chi connectivity index (χ4n) is 2.75. The minimum atomic E-state index is -4.71. The second kappa shape index (κ2) is 8.35. The lowest BCUT2D eigenvalue weighted by Crippen LogP contribution is -2.30. The first-order valence-corrected chi connectivity index (χ1v) is 8.87. The summed E-state index contributed by atoms with van der Waals surface area (Å²) in [5.74, 6) is -5.93. The van der Waals surface area contributed by atoms with Crippen molar-refractivity contribution in [2.75, 3.05) is 18.5 Å². The number of halogens is 7. The first-order chi connectivity index (χ1) is 14.4. The maximum Gasteiger partial charge on any atom is 0.417 e. The number of amidine groups is 1. The van der Waals surface area contributed by atoms with Gasteiger partial charge >= 0.3 is 6.18 Å². The maximum absolute atomic E-state index is 14.4. The Labute approximate surface area is 176 Å². The van der Waals surface area contributed by atoms with E-state index in [4.69, 9.17) is 22.1 Å². The summed E-state index contributed by atoms with van der Waals surface area (Å²) in [5.41, 5.74) is 3.07. The summed E-state index contributed by atoms with van der Waals surface area (Å²) in [6.45, 7) is -1.41. The van der Waals surface area contributed by atoms with E-state index < -0.39 is 58.3 Å². The zero-order chi connectivity index (χ0) is 23.0. The van der Waals surface area contributed by atoms with Crippen molar-refractivity contribution in [3.63, 3.8) is 0 Å². The molecule has 0 unspecified atom stereocenters. The van der Waals surface area contributed by atoms with Crippen molar-refractivity contribution in [3.8, 4) is 0 Å². The number of pyridine rings is 1. The molecule has 0 spiro atoms. The van der Waals surface area contributed by atoms with E-state index >= 15 is 0 Å². The zero-order valence-corrected chi connectivity index (χ0v) is 16.1. The van der Waals surface area contributed by atoms with Crippen molar-refractivity contribution in [1.82, 2.24) is 4.98 Å². The molecule has 3 rings (SSSR count). The summed E-state index contributed by atoms with van der Waals surface area (Å²) in [4.78, 5) is 19.4. The van der Waals surface area contributed by atoms with E-state index in [1.807, 2.05) is 0 Å². The number of carbonyl (C=O) groups excluding carboxylic acids is 1. The Hall–Kier alpha value is -2.86. The molecule has 0 saturated heterocycles. The number of rotatable bonds is 3. The minimum absolute atomic E-state index is 0.145. The van der Waals surface area contributed by atoms with Gasteiger partial charge in [0, 0.05) is 17.4 Å². The third-order valence-electron chi connectivity index (χ3n) is 4.17. The van der Waals surface area contributed by atoms with Gasteiger partial charge in [-0.1, -0.05) is 11.6 Å². The second-order valence-electron chi connectivity index (χ2n) is 6.52. The van der Waals surface area contributed by atoms with Gasteiger partial charge in [0.2, 0.25) is 0 Å². The fourth-order valence-corrected chi connectivity index (χ4v) is 3.00. The molecule has 13 heteroatoms. The Kier molecular flexibility index (Phi) is 6.14. The van der Waals surface area contributed by atoms with E-state index in [1.165, 1.54) is 0 Å². The molecular formula is C18H13ClF6N4O2. The Morgan fingerprint density at radius 3 is 2.65 bits per heavy atom. The highest BCUT2D eigenvalue weighted by molar-refractivity contribution is 6.34. The van der Waals surface area contributed by atoms with Crippen LogP contribution in [0.4, 0.5) is 32.0 Å². The van der Waals surface area contributed by atoms with E-state index in [0.717, 1.165) is 18.2 Å². The molecule has 0 bridgehead atoms. The van der Waals surface area contributed by atoms with Crippen LogP contribution in [0, 0.1) is 5.82 Å². The van der Waals surface area contributed by atoms with Gasteiger partial charge in [-0.2, -0.15) is 13.2 Å². The number of benzene rings is 1. The number of amides is 1. The van der Waals surface area contributed by atoms with Crippen LogP contribution >= 0.6 is 11.6 Å². The Balaban J connectivity index is 1.90. The van der Waals surface area contributed by atoms with Crippen LogP contribution < -0.4 is 11.1 Å². The Morgan fingerprint density at radius 2 is 2.00 bits per heavy atom. The van der Waals surface area contributed by atoms with Gasteiger partial charge in [0.15, 0.2) is 0 Å². The van der Waals surface area contributed by atoms with Crippen molar-refractivity contribution in [1.29, 1.82) is 0 Å². The molecule has 1 aliphatic rings. The molecule has 0 fully saturated rings. The third-order valence-corrected chi connectivity index (χ3v) is 4.46. The molecule has 1 amide bonds. The summed E-state index contributed by atoms with van der Waals surface area (Å²) in [7, 11) is 0. The van der Waals surface area contributed by atoms with Crippen LogP contribution in [-0.2, 0) is 10.9 Å². The molecule has 2 aromatic rings. The predicted octanol–water partition coefficient (Wildman–Crippen LogP) is 4.21. The minimum Gasteiger partial charge on any atom is -0.386 e. The smallest absolute Gasteiger partial charge is 0.386 e. The molecule has 0 aliphatic carbocycles. The lowest BCUT2D eigenvalue weighted by molar-refractivity contribution is -0.137. The summed E-state index contributed by atoms with van der Waals surface area (Å²) in [5, 5.41) is 1.64. The summed E-state index contributed by atoms with van der Waals surface area (Å²) < 4.78 is 85.8. The first kappa shape index (κ1) is 22.8. The first-order valence-electron chi connectivity index (χ1n) is 8.50. The second-order valence-corrected chi connectivity index (χ2v) is 6.93. The van der Waals surface area contributed by atoms with Crippen LogP contribution in [0.2, 0.25) is 5.02 Å². The van der Waals surface area contributed by atoms with Crippen molar-refractivity contribution < 1.29 is 35.9 Å². The molecule has 0 saturated carbocycles. The molecule has 1 atom stereocenters. The van der Waals surface area contributed by atoms with E-state index in [-0.39, 0.29) is 18.1 Å². The highest BCUT2D eigenvalue weighted by Gasteiger charge is 2.44. The van der Waals surface area contributed by atoms with Crippen LogP contribution in [0.5, 0.6) is 0 Å². The molecule has 1 aromatic heterocycles. The highest BCUT2D eigenvalue weighted by Crippen LogP contribution is 2.38. The standard InChI is InChI=1S/C18H13ClF6N4O2/c19-11-3-8(18(23,24)25)5-27-14(11)16(30)28-9-1-2-12(20)10(4-9)15-17(21,22)7-31-6-13(26)29-15/h1-5,15H,6-7H2,(H2,26,29)(H,28,30)/t15-/m1/s1. The lowest BCUT2D eigenvalue weighted by atomic mass is 10.00. The van der Waals surface area contributed by atoms with Crippen LogP contribution in [0.1, 0.15) is 27.7 Å². The Bertz CT molecular complexity index is 1040. The normalized spacial score (nSPS) is 18.8. The number of aromatic nitrogens is 1. The quantitative estimate of drug-likeness (QED) is 0.663. The SMILES string of the molecule is NC1=N[C@H](c2cc(NC(=O)c3ncc(C(F)(F)F)cc3Cl)ccc2F)C(F)(F)COC1. The lowest BCUT2D eigenvalue weighted by Gasteiger charge is -2.22. The number of nitrogens with two attached hydrogens (primary N) is 1. The molecule has 2 heterocycles. The van der Waals surface area contributed by atoms with Gasteiger partial charge in [0.1, 0.15) is 36.6 Å². The molecule has 1 aromatic carbocycles. The fraction of sp³-hybridized carbons (Fsp3) is 0.278. The molecule has 1 aliphatic heterocycles. The molecule has 6 nitrogen and oxygen atoms in total. The number of hydrogen-bond acceptors (Lipinski definition) is 5. The van der Waals surface area contributed by atoms with Crippen molar-refractivity contribution >= 4 is 29.0 Å². The van der Waals surface area contributed by atoms with Crippen LogP contribution in [0.3, 0.4) is 0 Å². The van der Waals surface area contributed by atoms with Crippen LogP contribution in [0.15, 0.2) is 35.5 Å². The van der Waals surface area contributed by atoms with Gasteiger partial charge in [-0.3, -0.25) is 9.79 Å². The number of ether oxygens (including phenoxy) is 1. The number of aliphatic imine (C=N–C) groups is 1. The van der Waals surface area contributed by atoms with E-state index in [2.05, 4.69) is 15.3 Å². The van der Waals surface area contributed by atoms with Crippen molar-refractivity contribution in [2.45, 2.75) is 18.1 Å². The van der Waals surface area contributed by atoms with E-state index in [1.54, 1.807) is 0 Å².